The van der Waals surface area contributed by atoms with E-state index in [1.54, 1.807) is 0 Å². The van der Waals surface area contributed by atoms with Crippen LogP contribution in [0.15, 0.2) is 12.2 Å². The molecule has 0 aliphatic carbocycles. The van der Waals surface area contributed by atoms with Crippen LogP contribution in [0.4, 0.5) is 0 Å². The average Bonchev–Trinajstić information content (AvgIpc) is 2.62. The second-order valence-corrected chi connectivity index (χ2v) is 7.18. The third-order valence-corrected chi connectivity index (χ3v) is 4.56. The molecule has 0 bridgehead atoms. The van der Waals surface area contributed by atoms with Crippen LogP contribution in [0.25, 0.3) is 0 Å². The molecule has 0 heterocycles. The molecule has 0 saturated heterocycles. The number of carbonyl (C=O) groups is 2. The lowest BCUT2D eigenvalue weighted by Gasteiger charge is -2.04. The number of nitrogens with one attached hydrogen (secondary N) is 1. The van der Waals surface area contributed by atoms with Gasteiger partial charge in [0.1, 0.15) is 0 Å². The highest BCUT2D eigenvalue weighted by Crippen LogP contribution is 2.09. The van der Waals surface area contributed by atoms with E-state index in [0.29, 0.717) is 19.4 Å². The molecule has 4 nitrogen and oxygen atoms in total. The number of aliphatic carboxylic acids is 1. The molecule has 0 aromatic heterocycles. The van der Waals surface area contributed by atoms with Gasteiger partial charge in [0.15, 0.2) is 0 Å². The first-order valence-corrected chi connectivity index (χ1v) is 10.8. The topological polar surface area (TPSA) is 66.4 Å². The van der Waals surface area contributed by atoms with Crippen LogP contribution in [0.5, 0.6) is 0 Å². The van der Waals surface area contributed by atoms with Crippen molar-refractivity contribution in [3.63, 3.8) is 0 Å². The Labute approximate surface area is 160 Å². The lowest BCUT2D eigenvalue weighted by Crippen LogP contribution is -2.24. The third-order valence-electron chi connectivity index (χ3n) is 4.56. The Bertz CT molecular complexity index is 366. The third kappa shape index (κ3) is 20.7. The zero-order valence-electron chi connectivity index (χ0n) is 16.9. The summed E-state index contributed by atoms with van der Waals surface area (Å²) in [5.41, 5.74) is 0. The van der Waals surface area contributed by atoms with Crippen LogP contribution in [0.1, 0.15) is 110 Å². The van der Waals surface area contributed by atoms with Crippen molar-refractivity contribution in [2.45, 2.75) is 110 Å². The van der Waals surface area contributed by atoms with Crippen molar-refractivity contribution in [2.24, 2.45) is 0 Å². The summed E-state index contributed by atoms with van der Waals surface area (Å²) in [5.74, 6) is -0.760. The molecule has 152 valence electrons. The Morgan fingerprint density at radius 3 is 1.85 bits per heavy atom. The van der Waals surface area contributed by atoms with Gasteiger partial charge >= 0.3 is 5.97 Å². The summed E-state index contributed by atoms with van der Waals surface area (Å²) in [7, 11) is 0. The summed E-state index contributed by atoms with van der Waals surface area (Å²) < 4.78 is 0. The summed E-state index contributed by atoms with van der Waals surface area (Å²) >= 11 is 0. The van der Waals surface area contributed by atoms with E-state index in [1.165, 1.54) is 70.6 Å². The van der Waals surface area contributed by atoms with E-state index in [4.69, 9.17) is 5.11 Å². The zero-order chi connectivity index (χ0) is 19.3. The number of hydrogen-bond donors (Lipinski definition) is 2. The highest BCUT2D eigenvalue weighted by Gasteiger charge is 2.01. The molecule has 0 spiro atoms. The van der Waals surface area contributed by atoms with Gasteiger partial charge in [-0.3, -0.25) is 9.59 Å². The van der Waals surface area contributed by atoms with Crippen LogP contribution in [0.2, 0.25) is 0 Å². The first-order chi connectivity index (χ1) is 12.7. The van der Waals surface area contributed by atoms with Gasteiger partial charge in [-0.1, -0.05) is 70.4 Å². The van der Waals surface area contributed by atoms with Crippen molar-refractivity contribution in [1.82, 2.24) is 5.32 Å². The number of amides is 1. The Morgan fingerprint density at radius 2 is 1.27 bits per heavy atom. The van der Waals surface area contributed by atoms with E-state index >= 15 is 0 Å². The van der Waals surface area contributed by atoms with Gasteiger partial charge in [0.05, 0.1) is 0 Å². The summed E-state index contributed by atoms with van der Waals surface area (Å²) in [5, 5.41) is 11.3. The smallest absolute Gasteiger partial charge is 0.303 e. The van der Waals surface area contributed by atoms with E-state index in [2.05, 4.69) is 24.4 Å². The molecule has 1 amide bonds. The maximum absolute atomic E-state index is 11.6. The first kappa shape index (κ1) is 24.7. The van der Waals surface area contributed by atoms with Gasteiger partial charge in [0, 0.05) is 19.4 Å². The number of carboxylic acid groups (broad SMARTS) is 1. The predicted molar refractivity (Wildman–Crippen MR) is 109 cm³/mol. The van der Waals surface area contributed by atoms with Gasteiger partial charge in [-0.05, 0) is 38.5 Å². The number of unbranched alkanes of at least 4 members (excludes halogenated alkanes) is 11. The molecule has 0 radical (unpaired) electrons. The summed E-state index contributed by atoms with van der Waals surface area (Å²) in [6.45, 7) is 2.73. The second kappa shape index (κ2) is 20.0. The Kier molecular flexibility index (Phi) is 19.0. The fraction of sp³-hybridized carbons (Fsp3) is 0.818. The number of hydrogen-bond acceptors (Lipinski definition) is 2. The molecule has 2 N–H and O–H groups in total. The number of allylic oxidation sites excluding steroid dienone is 2. The van der Waals surface area contributed by atoms with Crippen LogP contribution in [-0.2, 0) is 9.59 Å². The van der Waals surface area contributed by atoms with Crippen LogP contribution in [0.3, 0.4) is 0 Å². The molecular formula is C22H41NO3. The maximum Gasteiger partial charge on any atom is 0.303 e. The average molecular weight is 368 g/mol. The molecule has 0 aromatic rings. The molecule has 0 aromatic carbocycles. The lowest BCUT2D eigenvalue weighted by molar-refractivity contribution is -0.137. The monoisotopic (exact) mass is 367 g/mol. The van der Waals surface area contributed by atoms with Gasteiger partial charge < -0.3 is 10.4 Å². The fourth-order valence-electron chi connectivity index (χ4n) is 2.91. The van der Waals surface area contributed by atoms with E-state index in [0.717, 1.165) is 12.8 Å². The van der Waals surface area contributed by atoms with Gasteiger partial charge in [-0.15, -0.1) is 0 Å². The van der Waals surface area contributed by atoms with Gasteiger partial charge in [0.25, 0.3) is 0 Å². The van der Waals surface area contributed by atoms with Crippen molar-refractivity contribution < 1.29 is 14.7 Å². The van der Waals surface area contributed by atoms with Gasteiger partial charge in [0.2, 0.25) is 5.91 Å². The van der Waals surface area contributed by atoms with Crippen molar-refractivity contribution in [3.05, 3.63) is 12.2 Å². The van der Waals surface area contributed by atoms with Crippen LogP contribution in [0, 0.1) is 0 Å². The molecular weight excluding hydrogens is 326 g/mol. The van der Waals surface area contributed by atoms with Crippen molar-refractivity contribution >= 4 is 11.9 Å². The number of rotatable bonds is 19. The minimum Gasteiger partial charge on any atom is -0.481 e. The normalized spacial score (nSPS) is 11.1. The van der Waals surface area contributed by atoms with Gasteiger partial charge in [-0.2, -0.15) is 0 Å². The van der Waals surface area contributed by atoms with E-state index in [-0.39, 0.29) is 12.3 Å². The summed E-state index contributed by atoms with van der Waals surface area (Å²) in [6, 6.07) is 0. The van der Waals surface area contributed by atoms with Crippen LogP contribution < -0.4 is 5.32 Å². The number of carboxylic acids is 1. The molecule has 0 fully saturated rings. The SMILES string of the molecule is CCCCCCCC/C=C\CCCCCCCC(=O)NCCCC(=O)O. The fourth-order valence-corrected chi connectivity index (χ4v) is 2.91. The van der Waals surface area contributed by atoms with Crippen LogP contribution >= 0.6 is 0 Å². The van der Waals surface area contributed by atoms with Crippen LogP contribution in [-0.4, -0.2) is 23.5 Å². The molecule has 0 rings (SSSR count). The predicted octanol–water partition coefficient (Wildman–Crippen LogP) is 6.00. The Morgan fingerprint density at radius 1 is 0.731 bits per heavy atom. The highest BCUT2D eigenvalue weighted by atomic mass is 16.4. The standard InChI is InChI=1S/C22H41NO3/c1-2-3-4-5-6-7-8-9-10-11-12-13-14-15-16-18-21(24)23-20-17-19-22(25)26/h9-10H,2-8,11-20H2,1H3,(H,23,24)(H,25,26)/b10-9-. The Balaban J connectivity index is 3.22. The van der Waals surface area contributed by atoms with Crippen molar-refractivity contribution in [2.75, 3.05) is 6.54 Å². The van der Waals surface area contributed by atoms with E-state index in [9.17, 15) is 9.59 Å². The maximum atomic E-state index is 11.6. The minimum atomic E-state index is -0.809. The quantitative estimate of drug-likeness (QED) is 0.217. The molecule has 0 aliphatic heterocycles. The molecule has 0 unspecified atom stereocenters. The number of carbonyl (C=O) groups excluding carboxylic acids is 1. The molecule has 0 atom stereocenters. The summed E-state index contributed by atoms with van der Waals surface area (Å²) in [4.78, 5) is 21.9. The largest absolute Gasteiger partial charge is 0.481 e. The summed E-state index contributed by atoms with van der Waals surface area (Å²) in [6.07, 6.45) is 22.2. The zero-order valence-corrected chi connectivity index (χ0v) is 16.9. The minimum absolute atomic E-state index is 0.0491. The van der Waals surface area contributed by atoms with E-state index < -0.39 is 5.97 Å². The first-order valence-electron chi connectivity index (χ1n) is 10.8. The Hall–Kier alpha value is -1.32. The van der Waals surface area contributed by atoms with Gasteiger partial charge in [-0.25, -0.2) is 0 Å². The van der Waals surface area contributed by atoms with Crippen molar-refractivity contribution in [1.29, 1.82) is 0 Å². The molecule has 0 aliphatic rings. The molecule has 4 heteroatoms. The van der Waals surface area contributed by atoms with Crippen molar-refractivity contribution in [3.8, 4) is 0 Å². The molecule has 0 saturated carbocycles. The second-order valence-electron chi connectivity index (χ2n) is 7.18. The highest BCUT2D eigenvalue weighted by molar-refractivity contribution is 5.75. The molecule has 26 heavy (non-hydrogen) atoms. The lowest BCUT2D eigenvalue weighted by atomic mass is 10.1. The van der Waals surface area contributed by atoms with E-state index in [1.807, 2.05) is 0 Å².